The average Bonchev–Trinajstić information content (AvgIpc) is 2.62. The van der Waals surface area contributed by atoms with Crippen LogP contribution in [0.15, 0.2) is 12.1 Å². The Morgan fingerprint density at radius 3 is 2.44 bits per heavy atom. The van der Waals surface area contributed by atoms with Crippen molar-refractivity contribution in [3.8, 4) is 0 Å². The molecule has 1 atom stereocenters. The summed E-state index contributed by atoms with van der Waals surface area (Å²) in [4.78, 5) is 0. The van der Waals surface area contributed by atoms with Crippen molar-refractivity contribution in [3.05, 3.63) is 35.1 Å². The predicted octanol–water partition coefficient (Wildman–Crippen LogP) is 3.77. The molecule has 0 aromatic heterocycles. The molecule has 1 aliphatic carbocycles. The largest absolute Gasteiger partial charge is 0.310 e. The third-order valence-electron chi connectivity index (χ3n) is 3.64. The topological polar surface area (TPSA) is 12.0 Å². The quantitative estimate of drug-likeness (QED) is 0.813. The summed E-state index contributed by atoms with van der Waals surface area (Å²) in [7, 11) is 0. The van der Waals surface area contributed by atoms with E-state index in [1.807, 2.05) is 0 Å². The zero-order chi connectivity index (χ0) is 13.3. The van der Waals surface area contributed by atoms with Crippen LogP contribution in [0, 0.1) is 22.9 Å². The van der Waals surface area contributed by atoms with Crippen molar-refractivity contribution < 1.29 is 13.2 Å². The van der Waals surface area contributed by atoms with Gasteiger partial charge in [0.2, 0.25) is 0 Å². The van der Waals surface area contributed by atoms with E-state index < -0.39 is 17.5 Å². The van der Waals surface area contributed by atoms with Gasteiger partial charge in [0.15, 0.2) is 11.6 Å². The van der Waals surface area contributed by atoms with Gasteiger partial charge in [-0.1, -0.05) is 13.8 Å². The van der Waals surface area contributed by atoms with E-state index >= 15 is 0 Å². The van der Waals surface area contributed by atoms with E-state index in [0.717, 1.165) is 25.3 Å². The maximum absolute atomic E-state index is 13.4. The van der Waals surface area contributed by atoms with Crippen molar-refractivity contribution >= 4 is 0 Å². The summed E-state index contributed by atoms with van der Waals surface area (Å²) in [6.07, 6.45) is 3.20. The first-order valence-corrected chi connectivity index (χ1v) is 6.24. The fraction of sp³-hybridized carbons (Fsp3) is 0.571. The van der Waals surface area contributed by atoms with Gasteiger partial charge in [-0.25, -0.2) is 13.2 Å². The normalized spacial score (nSPS) is 22.4. The SMILES string of the molecule is CC1(C)CCC(NCc2cc(F)c(F)cc2F)C1. The van der Waals surface area contributed by atoms with Gasteiger partial charge in [0.05, 0.1) is 0 Å². The fourth-order valence-corrected chi connectivity index (χ4v) is 2.56. The highest BCUT2D eigenvalue weighted by molar-refractivity contribution is 5.20. The maximum atomic E-state index is 13.4. The van der Waals surface area contributed by atoms with Gasteiger partial charge in [-0.05, 0) is 30.7 Å². The lowest BCUT2D eigenvalue weighted by molar-refractivity contribution is 0.363. The molecule has 1 N–H and O–H groups in total. The van der Waals surface area contributed by atoms with Gasteiger partial charge in [0, 0.05) is 24.2 Å². The van der Waals surface area contributed by atoms with Gasteiger partial charge in [0.25, 0.3) is 0 Å². The van der Waals surface area contributed by atoms with Crippen LogP contribution in [0.2, 0.25) is 0 Å². The molecular formula is C14H18F3N. The van der Waals surface area contributed by atoms with Crippen LogP contribution in [-0.2, 0) is 6.54 Å². The summed E-state index contributed by atoms with van der Waals surface area (Å²) in [6.45, 7) is 4.64. The van der Waals surface area contributed by atoms with Gasteiger partial charge in [0.1, 0.15) is 5.82 Å². The van der Waals surface area contributed by atoms with Crippen LogP contribution in [0.3, 0.4) is 0 Å². The molecule has 100 valence electrons. The molecule has 0 spiro atoms. The standard InChI is InChI=1S/C14H18F3N/c1-14(2)4-3-10(7-14)18-8-9-5-12(16)13(17)6-11(9)15/h5-6,10,18H,3-4,7-8H2,1-2H3. The Labute approximate surface area is 105 Å². The Hall–Kier alpha value is -1.03. The molecule has 1 unspecified atom stereocenters. The summed E-state index contributed by atoms with van der Waals surface area (Å²) in [5.41, 5.74) is 0.489. The molecule has 1 saturated carbocycles. The van der Waals surface area contributed by atoms with E-state index in [2.05, 4.69) is 19.2 Å². The van der Waals surface area contributed by atoms with Crippen molar-refractivity contribution in [2.75, 3.05) is 0 Å². The van der Waals surface area contributed by atoms with Crippen LogP contribution >= 0.6 is 0 Å². The molecule has 18 heavy (non-hydrogen) atoms. The Balaban J connectivity index is 1.97. The Kier molecular flexibility index (Phi) is 3.66. The molecule has 1 nitrogen and oxygen atoms in total. The molecule has 0 heterocycles. The lowest BCUT2D eigenvalue weighted by Crippen LogP contribution is -2.27. The highest BCUT2D eigenvalue weighted by Crippen LogP contribution is 2.37. The lowest BCUT2D eigenvalue weighted by atomic mass is 9.92. The molecule has 1 aliphatic rings. The van der Waals surface area contributed by atoms with Gasteiger partial charge >= 0.3 is 0 Å². The van der Waals surface area contributed by atoms with Crippen molar-refractivity contribution in [2.45, 2.75) is 45.7 Å². The van der Waals surface area contributed by atoms with Crippen LogP contribution < -0.4 is 5.32 Å². The molecule has 4 heteroatoms. The van der Waals surface area contributed by atoms with Crippen molar-refractivity contribution in [3.63, 3.8) is 0 Å². The molecule has 1 aromatic carbocycles. The molecule has 2 rings (SSSR count). The van der Waals surface area contributed by atoms with Crippen LogP contribution in [0.4, 0.5) is 13.2 Å². The molecule has 0 bridgehead atoms. The van der Waals surface area contributed by atoms with Crippen molar-refractivity contribution in [1.82, 2.24) is 5.32 Å². The van der Waals surface area contributed by atoms with E-state index in [0.29, 0.717) is 17.5 Å². The number of nitrogens with one attached hydrogen (secondary N) is 1. The van der Waals surface area contributed by atoms with Gasteiger partial charge in [-0.2, -0.15) is 0 Å². The molecule has 1 fully saturated rings. The van der Waals surface area contributed by atoms with Crippen molar-refractivity contribution in [1.29, 1.82) is 0 Å². The van der Waals surface area contributed by atoms with Gasteiger partial charge in [-0.15, -0.1) is 0 Å². The first kappa shape index (κ1) is 13.4. The minimum atomic E-state index is -1.14. The van der Waals surface area contributed by atoms with E-state index in [1.54, 1.807) is 0 Å². The zero-order valence-corrected chi connectivity index (χ0v) is 10.7. The number of hydrogen-bond donors (Lipinski definition) is 1. The number of rotatable bonds is 3. The highest BCUT2D eigenvalue weighted by Gasteiger charge is 2.30. The summed E-state index contributed by atoms with van der Waals surface area (Å²) in [6, 6.07) is 1.86. The second-order valence-corrected chi connectivity index (χ2v) is 5.84. The maximum Gasteiger partial charge on any atom is 0.161 e. The minimum Gasteiger partial charge on any atom is -0.310 e. The van der Waals surface area contributed by atoms with E-state index in [-0.39, 0.29) is 12.1 Å². The summed E-state index contributed by atoms with van der Waals surface area (Å²) in [5.74, 6) is -2.84. The first-order valence-electron chi connectivity index (χ1n) is 6.24. The fourth-order valence-electron chi connectivity index (χ4n) is 2.56. The Bertz CT molecular complexity index is 443. The second-order valence-electron chi connectivity index (χ2n) is 5.84. The van der Waals surface area contributed by atoms with E-state index in [9.17, 15) is 13.2 Å². The predicted molar refractivity (Wildman–Crippen MR) is 64.6 cm³/mol. The first-order chi connectivity index (χ1) is 8.37. The third-order valence-corrected chi connectivity index (χ3v) is 3.64. The molecular weight excluding hydrogens is 239 g/mol. The molecule has 1 aromatic rings. The van der Waals surface area contributed by atoms with E-state index in [4.69, 9.17) is 0 Å². The number of hydrogen-bond acceptors (Lipinski definition) is 1. The lowest BCUT2D eigenvalue weighted by Gasteiger charge is -2.18. The number of halogens is 3. The zero-order valence-electron chi connectivity index (χ0n) is 10.7. The summed E-state index contributed by atoms with van der Waals surface area (Å²) < 4.78 is 39.2. The van der Waals surface area contributed by atoms with Crippen molar-refractivity contribution in [2.24, 2.45) is 5.41 Å². The van der Waals surface area contributed by atoms with Gasteiger partial charge < -0.3 is 5.32 Å². The monoisotopic (exact) mass is 257 g/mol. The molecule has 0 amide bonds. The average molecular weight is 257 g/mol. The summed E-state index contributed by atoms with van der Waals surface area (Å²) >= 11 is 0. The van der Waals surface area contributed by atoms with Crippen LogP contribution in [0.1, 0.15) is 38.7 Å². The second kappa shape index (κ2) is 4.92. The Morgan fingerprint density at radius 1 is 1.17 bits per heavy atom. The number of benzene rings is 1. The minimum absolute atomic E-state index is 0.179. The highest BCUT2D eigenvalue weighted by atomic mass is 19.2. The van der Waals surface area contributed by atoms with Crippen LogP contribution in [0.25, 0.3) is 0 Å². The molecule has 0 radical (unpaired) electrons. The Morgan fingerprint density at radius 2 is 1.83 bits per heavy atom. The van der Waals surface area contributed by atoms with Gasteiger partial charge in [-0.3, -0.25) is 0 Å². The third kappa shape index (κ3) is 3.05. The summed E-state index contributed by atoms with van der Waals surface area (Å²) in [5, 5.41) is 3.21. The van der Waals surface area contributed by atoms with E-state index in [1.165, 1.54) is 0 Å². The molecule has 0 aliphatic heterocycles. The smallest absolute Gasteiger partial charge is 0.161 e. The molecule has 0 saturated heterocycles. The van der Waals surface area contributed by atoms with Crippen LogP contribution in [-0.4, -0.2) is 6.04 Å². The van der Waals surface area contributed by atoms with Crippen LogP contribution in [0.5, 0.6) is 0 Å².